The molecule has 0 saturated heterocycles. The molecule has 1 unspecified atom stereocenters. The number of amides is 2. The van der Waals surface area contributed by atoms with Gasteiger partial charge < -0.3 is 15.4 Å². The quantitative estimate of drug-likeness (QED) is 0.780. The molecule has 0 aromatic heterocycles. The molecule has 2 aromatic carbocycles. The second kappa shape index (κ2) is 8.99. The van der Waals surface area contributed by atoms with Crippen LogP contribution in [0.1, 0.15) is 36.6 Å². The molecule has 0 saturated carbocycles. The van der Waals surface area contributed by atoms with E-state index >= 15 is 0 Å². The number of ether oxygens (including phenoxy) is 1. The van der Waals surface area contributed by atoms with Crippen molar-refractivity contribution in [3.05, 3.63) is 65.0 Å². The fraction of sp³-hybridized carbons (Fsp3) is 0.300. The predicted molar refractivity (Wildman–Crippen MR) is 97.2 cm³/mol. The Balaban J connectivity index is 1.99. The first-order valence-electron chi connectivity index (χ1n) is 8.47. The van der Waals surface area contributed by atoms with Gasteiger partial charge in [0.1, 0.15) is 11.6 Å². The van der Waals surface area contributed by atoms with Gasteiger partial charge >= 0.3 is 11.8 Å². The molecule has 26 heavy (non-hydrogen) atoms. The lowest BCUT2D eigenvalue weighted by atomic mass is 10.0. The molecule has 0 radical (unpaired) electrons. The average Bonchev–Trinajstić information content (AvgIpc) is 2.62. The Hall–Kier alpha value is -2.89. The molecule has 2 aromatic rings. The third-order valence-corrected chi connectivity index (χ3v) is 3.88. The van der Waals surface area contributed by atoms with E-state index in [2.05, 4.69) is 10.6 Å². The summed E-state index contributed by atoms with van der Waals surface area (Å²) in [5, 5.41) is 5.07. The van der Waals surface area contributed by atoms with Gasteiger partial charge in [0, 0.05) is 17.7 Å². The fourth-order valence-electron chi connectivity index (χ4n) is 2.53. The molecule has 1 atom stereocenters. The van der Waals surface area contributed by atoms with Crippen LogP contribution in [0.25, 0.3) is 0 Å². The zero-order valence-corrected chi connectivity index (χ0v) is 15.1. The smallest absolute Gasteiger partial charge is 0.309 e. The summed E-state index contributed by atoms with van der Waals surface area (Å²) in [6.45, 7) is 6.04. The van der Waals surface area contributed by atoms with Crippen molar-refractivity contribution in [2.45, 2.75) is 33.4 Å². The lowest BCUT2D eigenvalue weighted by Crippen LogP contribution is -2.40. The van der Waals surface area contributed by atoms with Gasteiger partial charge in [0.2, 0.25) is 0 Å². The molecule has 2 rings (SSSR count). The van der Waals surface area contributed by atoms with E-state index in [0.29, 0.717) is 17.9 Å². The molecule has 0 heterocycles. The number of nitrogens with one attached hydrogen (secondary N) is 2. The number of halogens is 1. The minimum absolute atomic E-state index is 0.0536. The van der Waals surface area contributed by atoms with Crippen molar-refractivity contribution in [3.63, 3.8) is 0 Å². The third-order valence-electron chi connectivity index (χ3n) is 3.88. The Morgan fingerprint density at radius 2 is 1.88 bits per heavy atom. The Bertz CT molecular complexity index is 792. The van der Waals surface area contributed by atoms with Crippen molar-refractivity contribution >= 4 is 11.8 Å². The summed E-state index contributed by atoms with van der Waals surface area (Å²) in [7, 11) is 0. The van der Waals surface area contributed by atoms with Gasteiger partial charge in [-0.3, -0.25) is 9.59 Å². The normalized spacial score (nSPS) is 11.5. The molecule has 2 N–H and O–H groups in total. The zero-order valence-electron chi connectivity index (χ0n) is 15.1. The van der Waals surface area contributed by atoms with Crippen molar-refractivity contribution in [2.75, 3.05) is 6.61 Å². The summed E-state index contributed by atoms with van der Waals surface area (Å²) < 4.78 is 19.1. The monoisotopic (exact) mass is 358 g/mol. The first-order chi connectivity index (χ1) is 12.4. The van der Waals surface area contributed by atoms with E-state index in [1.165, 1.54) is 6.07 Å². The standard InChI is InChI=1S/C20H23FN2O3/c1-4-26-18-10-9-13(2)11-16(18)14(3)23-20(25)19(24)22-12-15-7-5-6-8-17(15)21/h5-11,14H,4,12H2,1-3H3,(H,22,24)(H,23,25). The maximum absolute atomic E-state index is 13.6. The van der Waals surface area contributed by atoms with E-state index in [0.717, 1.165) is 11.1 Å². The first-order valence-corrected chi connectivity index (χ1v) is 8.47. The number of benzene rings is 2. The van der Waals surface area contributed by atoms with E-state index in [4.69, 9.17) is 4.74 Å². The number of hydrogen-bond donors (Lipinski definition) is 2. The van der Waals surface area contributed by atoms with Crippen LogP contribution in [0.3, 0.4) is 0 Å². The molecule has 2 amide bonds. The number of rotatable bonds is 6. The summed E-state index contributed by atoms with van der Waals surface area (Å²) in [5.41, 5.74) is 2.13. The van der Waals surface area contributed by atoms with Gasteiger partial charge in [-0.05, 0) is 32.9 Å². The summed E-state index contributed by atoms with van der Waals surface area (Å²) in [5.74, 6) is -1.36. The first kappa shape index (κ1) is 19.4. The van der Waals surface area contributed by atoms with Crippen LogP contribution in [-0.2, 0) is 16.1 Å². The van der Waals surface area contributed by atoms with E-state index < -0.39 is 23.7 Å². The van der Waals surface area contributed by atoms with Gasteiger partial charge in [0.15, 0.2) is 0 Å². The van der Waals surface area contributed by atoms with Crippen molar-refractivity contribution < 1.29 is 18.7 Å². The van der Waals surface area contributed by atoms with Crippen LogP contribution >= 0.6 is 0 Å². The molecule has 6 heteroatoms. The van der Waals surface area contributed by atoms with E-state index in [1.54, 1.807) is 25.1 Å². The zero-order chi connectivity index (χ0) is 19.1. The fourth-order valence-corrected chi connectivity index (χ4v) is 2.53. The molecule has 0 aliphatic carbocycles. The third kappa shape index (κ3) is 5.05. The highest BCUT2D eigenvalue weighted by molar-refractivity contribution is 6.35. The van der Waals surface area contributed by atoms with Gasteiger partial charge in [-0.25, -0.2) is 4.39 Å². The Kier molecular flexibility index (Phi) is 6.72. The maximum Gasteiger partial charge on any atom is 0.309 e. The number of hydrogen-bond acceptors (Lipinski definition) is 3. The van der Waals surface area contributed by atoms with Crippen LogP contribution in [0.4, 0.5) is 4.39 Å². The highest BCUT2D eigenvalue weighted by Gasteiger charge is 2.19. The summed E-state index contributed by atoms with van der Waals surface area (Å²) in [6, 6.07) is 11.3. The van der Waals surface area contributed by atoms with Crippen molar-refractivity contribution in [1.29, 1.82) is 0 Å². The molecule has 0 fully saturated rings. The summed E-state index contributed by atoms with van der Waals surface area (Å²) in [6.07, 6.45) is 0. The van der Waals surface area contributed by atoms with Crippen molar-refractivity contribution in [3.8, 4) is 5.75 Å². The number of carbonyl (C=O) groups is 2. The van der Waals surface area contributed by atoms with Crippen LogP contribution in [0.2, 0.25) is 0 Å². The van der Waals surface area contributed by atoms with Crippen LogP contribution in [0, 0.1) is 12.7 Å². The summed E-state index contributed by atoms with van der Waals surface area (Å²) in [4.78, 5) is 24.1. The second-order valence-corrected chi connectivity index (χ2v) is 5.94. The minimum atomic E-state index is -0.814. The molecule has 0 spiro atoms. The highest BCUT2D eigenvalue weighted by Crippen LogP contribution is 2.26. The SMILES string of the molecule is CCOc1ccc(C)cc1C(C)NC(=O)C(=O)NCc1ccccc1F. The number of aryl methyl sites for hydroxylation is 1. The van der Waals surface area contributed by atoms with Gasteiger partial charge in [0.05, 0.1) is 12.6 Å². The lowest BCUT2D eigenvalue weighted by molar-refractivity contribution is -0.139. The second-order valence-electron chi connectivity index (χ2n) is 5.94. The molecule has 138 valence electrons. The topological polar surface area (TPSA) is 67.4 Å². The Labute approximate surface area is 152 Å². The minimum Gasteiger partial charge on any atom is -0.494 e. The van der Waals surface area contributed by atoms with Crippen LogP contribution < -0.4 is 15.4 Å². The van der Waals surface area contributed by atoms with E-state index in [1.807, 2.05) is 32.0 Å². The summed E-state index contributed by atoms with van der Waals surface area (Å²) >= 11 is 0. The molecular weight excluding hydrogens is 335 g/mol. The van der Waals surface area contributed by atoms with Gasteiger partial charge in [-0.2, -0.15) is 0 Å². The van der Waals surface area contributed by atoms with Crippen LogP contribution in [-0.4, -0.2) is 18.4 Å². The van der Waals surface area contributed by atoms with Crippen molar-refractivity contribution in [1.82, 2.24) is 10.6 Å². The largest absolute Gasteiger partial charge is 0.494 e. The van der Waals surface area contributed by atoms with E-state index in [-0.39, 0.29) is 6.54 Å². The molecule has 0 bridgehead atoms. The van der Waals surface area contributed by atoms with Crippen LogP contribution in [0.5, 0.6) is 5.75 Å². The Morgan fingerprint density at radius 3 is 2.58 bits per heavy atom. The van der Waals surface area contributed by atoms with Gasteiger partial charge in [0.25, 0.3) is 0 Å². The van der Waals surface area contributed by atoms with Gasteiger partial charge in [-0.1, -0.05) is 35.9 Å². The average molecular weight is 358 g/mol. The number of carbonyl (C=O) groups excluding carboxylic acids is 2. The Morgan fingerprint density at radius 1 is 1.15 bits per heavy atom. The predicted octanol–water partition coefficient (Wildman–Crippen LogP) is 3.03. The molecule has 0 aliphatic rings. The molecule has 5 nitrogen and oxygen atoms in total. The van der Waals surface area contributed by atoms with E-state index in [9.17, 15) is 14.0 Å². The lowest BCUT2D eigenvalue weighted by Gasteiger charge is -2.18. The van der Waals surface area contributed by atoms with Gasteiger partial charge in [-0.15, -0.1) is 0 Å². The molecule has 0 aliphatic heterocycles. The maximum atomic E-state index is 13.6. The van der Waals surface area contributed by atoms with Crippen molar-refractivity contribution in [2.24, 2.45) is 0 Å². The van der Waals surface area contributed by atoms with Crippen LogP contribution in [0.15, 0.2) is 42.5 Å². The molecular formula is C20H23FN2O3. The highest BCUT2D eigenvalue weighted by atomic mass is 19.1.